The molecule has 1 fully saturated rings. The Morgan fingerprint density at radius 3 is 2.26 bits per heavy atom. The fourth-order valence-electron chi connectivity index (χ4n) is 5.73. The fourth-order valence-corrected chi connectivity index (χ4v) is 5.73. The zero-order chi connectivity index (χ0) is 29.5. The molecule has 0 radical (unpaired) electrons. The molecule has 4 atom stereocenters. The Kier molecular flexibility index (Phi) is 9.51. The molecule has 2 amide bonds. The number of aliphatic carboxylic acids is 1. The summed E-state index contributed by atoms with van der Waals surface area (Å²) in [6.07, 6.45) is -0.811. The summed E-state index contributed by atoms with van der Waals surface area (Å²) in [4.78, 5) is 37.8. The summed E-state index contributed by atoms with van der Waals surface area (Å²) in [6.45, 7) is 2.74. The van der Waals surface area contributed by atoms with Gasteiger partial charge in [-0.3, -0.25) is 4.79 Å². The van der Waals surface area contributed by atoms with Crippen LogP contribution in [0.2, 0.25) is 0 Å². The van der Waals surface area contributed by atoms with E-state index in [1.807, 2.05) is 54.6 Å². The highest BCUT2D eigenvalue weighted by molar-refractivity contribution is 5.84. The molecule has 1 aliphatic carbocycles. The molecule has 1 heterocycles. The topological polar surface area (TPSA) is 123 Å². The largest absolute Gasteiger partial charge is 0.480 e. The summed E-state index contributed by atoms with van der Waals surface area (Å²) in [6, 6.07) is 24.1. The normalized spacial score (nSPS) is 19.2. The van der Waals surface area contributed by atoms with Gasteiger partial charge in [0.05, 0.1) is 19.3 Å². The van der Waals surface area contributed by atoms with Gasteiger partial charge in [0.2, 0.25) is 5.91 Å². The number of carboxylic acid groups (broad SMARTS) is 1. The van der Waals surface area contributed by atoms with E-state index in [1.165, 1.54) is 0 Å². The van der Waals surface area contributed by atoms with E-state index in [0.717, 1.165) is 27.8 Å². The van der Waals surface area contributed by atoms with Crippen LogP contribution in [0.4, 0.5) is 4.79 Å². The SMILES string of the molecule is C[C@@H](OCc1ccccc1)[C@H](NC(=O)CC1COCCC1NC(=O)OCC1c2ccccc2-c2ccccc21)C(=O)O. The predicted molar refractivity (Wildman–Crippen MR) is 156 cm³/mol. The van der Waals surface area contributed by atoms with E-state index in [2.05, 4.69) is 34.9 Å². The summed E-state index contributed by atoms with van der Waals surface area (Å²) < 4.78 is 17.0. The molecule has 0 aromatic heterocycles. The molecule has 3 N–H and O–H groups in total. The number of carboxylic acids is 1. The van der Waals surface area contributed by atoms with Gasteiger partial charge >= 0.3 is 12.1 Å². The minimum Gasteiger partial charge on any atom is -0.480 e. The maximum atomic E-state index is 12.9. The molecule has 9 heteroatoms. The highest BCUT2D eigenvalue weighted by Crippen LogP contribution is 2.44. The van der Waals surface area contributed by atoms with Crippen LogP contribution in [0.25, 0.3) is 11.1 Å². The summed E-state index contributed by atoms with van der Waals surface area (Å²) in [5, 5.41) is 15.3. The molecule has 1 saturated heterocycles. The van der Waals surface area contributed by atoms with Gasteiger partial charge in [-0.15, -0.1) is 0 Å². The number of fused-ring (bicyclic) bond motifs is 3. The summed E-state index contributed by atoms with van der Waals surface area (Å²) in [5.41, 5.74) is 5.46. The summed E-state index contributed by atoms with van der Waals surface area (Å²) >= 11 is 0. The van der Waals surface area contributed by atoms with Crippen LogP contribution >= 0.6 is 0 Å². The molecule has 3 aromatic rings. The van der Waals surface area contributed by atoms with Gasteiger partial charge < -0.3 is 30.0 Å². The number of carbonyl (C=O) groups excluding carboxylic acids is 2. The Morgan fingerprint density at radius 2 is 1.60 bits per heavy atom. The lowest BCUT2D eigenvalue weighted by Gasteiger charge is -2.32. The number of ether oxygens (including phenoxy) is 3. The first-order chi connectivity index (χ1) is 20.4. The first-order valence-electron chi connectivity index (χ1n) is 14.3. The Hall–Kier alpha value is -4.21. The molecule has 0 spiro atoms. The second-order valence-electron chi connectivity index (χ2n) is 10.8. The van der Waals surface area contributed by atoms with Crippen molar-refractivity contribution in [1.29, 1.82) is 0 Å². The smallest absolute Gasteiger partial charge is 0.407 e. The molecule has 42 heavy (non-hydrogen) atoms. The monoisotopic (exact) mass is 572 g/mol. The first kappa shape index (κ1) is 29.3. The predicted octanol–water partition coefficient (Wildman–Crippen LogP) is 4.50. The number of alkyl carbamates (subject to hydrolysis) is 1. The average molecular weight is 573 g/mol. The van der Waals surface area contributed by atoms with Crippen LogP contribution < -0.4 is 10.6 Å². The lowest BCUT2D eigenvalue weighted by molar-refractivity contribution is -0.146. The van der Waals surface area contributed by atoms with E-state index in [4.69, 9.17) is 14.2 Å². The van der Waals surface area contributed by atoms with Crippen molar-refractivity contribution in [2.45, 2.75) is 50.5 Å². The Balaban J connectivity index is 1.14. The molecule has 9 nitrogen and oxygen atoms in total. The van der Waals surface area contributed by atoms with Gasteiger partial charge in [-0.2, -0.15) is 0 Å². The number of amides is 2. The third-order valence-electron chi connectivity index (χ3n) is 7.98. The summed E-state index contributed by atoms with van der Waals surface area (Å²) in [7, 11) is 0. The zero-order valence-corrected chi connectivity index (χ0v) is 23.5. The third-order valence-corrected chi connectivity index (χ3v) is 7.98. The second kappa shape index (κ2) is 13.6. The maximum Gasteiger partial charge on any atom is 0.407 e. The molecule has 2 aliphatic rings. The van der Waals surface area contributed by atoms with Gasteiger partial charge in [-0.05, 0) is 41.2 Å². The van der Waals surface area contributed by atoms with Crippen molar-refractivity contribution in [2.24, 2.45) is 5.92 Å². The van der Waals surface area contributed by atoms with Crippen LogP contribution in [-0.4, -0.2) is 61.1 Å². The van der Waals surface area contributed by atoms with Crippen LogP contribution in [0.5, 0.6) is 0 Å². The van der Waals surface area contributed by atoms with Crippen LogP contribution in [0.15, 0.2) is 78.9 Å². The molecule has 3 aromatic carbocycles. The van der Waals surface area contributed by atoms with Gasteiger partial charge in [0.1, 0.15) is 6.61 Å². The highest BCUT2D eigenvalue weighted by Gasteiger charge is 2.34. The number of nitrogens with one attached hydrogen (secondary N) is 2. The van der Waals surface area contributed by atoms with E-state index in [9.17, 15) is 19.5 Å². The maximum absolute atomic E-state index is 12.9. The molecule has 0 bridgehead atoms. The van der Waals surface area contributed by atoms with E-state index in [-0.39, 0.29) is 44.1 Å². The molecule has 0 saturated carbocycles. The van der Waals surface area contributed by atoms with Gasteiger partial charge in [-0.25, -0.2) is 9.59 Å². The van der Waals surface area contributed by atoms with Crippen molar-refractivity contribution in [3.63, 3.8) is 0 Å². The van der Waals surface area contributed by atoms with Crippen molar-refractivity contribution in [2.75, 3.05) is 19.8 Å². The lowest BCUT2D eigenvalue weighted by atomic mass is 9.92. The number of hydrogen-bond acceptors (Lipinski definition) is 6. The van der Waals surface area contributed by atoms with E-state index < -0.39 is 30.1 Å². The van der Waals surface area contributed by atoms with Crippen LogP contribution in [-0.2, 0) is 30.4 Å². The average Bonchev–Trinajstić information content (AvgIpc) is 3.32. The Labute approximate surface area is 245 Å². The van der Waals surface area contributed by atoms with Gasteiger partial charge in [0, 0.05) is 30.9 Å². The van der Waals surface area contributed by atoms with Crippen LogP contribution in [0.3, 0.4) is 0 Å². The lowest BCUT2D eigenvalue weighted by Crippen LogP contribution is -2.51. The Bertz CT molecular complexity index is 1350. The van der Waals surface area contributed by atoms with E-state index >= 15 is 0 Å². The minimum absolute atomic E-state index is 0.0104. The highest BCUT2D eigenvalue weighted by atomic mass is 16.5. The molecule has 2 unspecified atom stereocenters. The van der Waals surface area contributed by atoms with Crippen molar-refractivity contribution >= 4 is 18.0 Å². The molecule has 1 aliphatic heterocycles. The number of hydrogen-bond donors (Lipinski definition) is 3. The molecular formula is C33H36N2O7. The van der Waals surface area contributed by atoms with Gasteiger partial charge in [-0.1, -0.05) is 78.9 Å². The standard InChI is InChI=1S/C33H36N2O7/c1-21(41-18-22-9-3-2-4-10-22)31(32(37)38)35-30(36)17-23-19-40-16-15-29(23)34-33(39)42-20-28-26-13-7-5-11-24(26)25-12-6-8-14-27(25)28/h2-14,21,23,28-29,31H,15-20H2,1H3,(H,34,39)(H,35,36)(H,37,38)/t21-,23?,29?,31+/m1/s1. The van der Waals surface area contributed by atoms with Crippen molar-refractivity contribution in [1.82, 2.24) is 10.6 Å². The van der Waals surface area contributed by atoms with Gasteiger partial charge in [0.25, 0.3) is 0 Å². The fraction of sp³-hybridized carbons (Fsp3) is 0.364. The molecular weight excluding hydrogens is 536 g/mol. The van der Waals surface area contributed by atoms with Gasteiger partial charge in [0.15, 0.2) is 6.04 Å². The van der Waals surface area contributed by atoms with Crippen LogP contribution in [0, 0.1) is 5.92 Å². The van der Waals surface area contributed by atoms with Crippen LogP contribution in [0.1, 0.15) is 42.4 Å². The van der Waals surface area contributed by atoms with Crippen molar-refractivity contribution in [3.05, 3.63) is 95.6 Å². The number of carbonyl (C=O) groups is 3. The van der Waals surface area contributed by atoms with E-state index in [0.29, 0.717) is 13.0 Å². The summed E-state index contributed by atoms with van der Waals surface area (Å²) in [5.74, 6) is -2.03. The third kappa shape index (κ3) is 6.98. The van der Waals surface area contributed by atoms with Crippen molar-refractivity contribution < 1.29 is 33.7 Å². The number of benzene rings is 3. The minimum atomic E-state index is -1.22. The molecule has 220 valence electrons. The van der Waals surface area contributed by atoms with E-state index in [1.54, 1.807) is 6.92 Å². The Morgan fingerprint density at radius 1 is 0.952 bits per heavy atom. The quantitative estimate of drug-likeness (QED) is 0.309. The first-order valence-corrected chi connectivity index (χ1v) is 14.3. The zero-order valence-electron chi connectivity index (χ0n) is 23.5. The molecule has 5 rings (SSSR count). The van der Waals surface area contributed by atoms with Crippen molar-refractivity contribution in [3.8, 4) is 11.1 Å². The second-order valence-corrected chi connectivity index (χ2v) is 10.8. The number of rotatable bonds is 11.